The van der Waals surface area contributed by atoms with Crippen molar-refractivity contribution < 1.29 is 9.59 Å². The lowest BCUT2D eigenvalue weighted by Gasteiger charge is -2.01. The molecule has 4 aromatic rings. The summed E-state index contributed by atoms with van der Waals surface area (Å²) in [5.41, 5.74) is 6.14. The first-order chi connectivity index (χ1) is 14.5. The molecule has 4 rings (SSSR count). The van der Waals surface area contributed by atoms with Gasteiger partial charge in [-0.05, 0) is 36.1 Å². The molecule has 148 valence electrons. The fourth-order valence-electron chi connectivity index (χ4n) is 3.06. The molecule has 0 bridgehead atoms. The van der Waals surface area contributed by atoms with Crippen LogP contribution in [0.4, 0.5) is 0 Å². The van der Waals surface area contributed by atoms with Gasteiger partial charge in [0.2, 0.25) is 0 Å². The van der Waals surface area contributed by atoms with Crippen molar-refractivity contribution in [1.29, 1.82) is 0 Å². The summed E-state index contributed by atoms with van der Waals surface area (Å²) in [6.45, 7) is 3.16. The molecule has 0 aliphatic heterocycles. The van der Waals surface area contributed by atoms with Crippen molar-refractivity contribution in [2.45, 2.75) is 13.8 Å². The number of ketones is 2. The van der Waals surface area contributed by atoms with Crippen LogP contribution in [0.25, 0.3) is 22.3 Å². The summed E-state index contributed by atoms with van der Waals surface area (Å²) in [6, 6.07) is 35.6. The first-order valence-electron chi connectivity index (χ1n) is 9.87. The van der Waals surface area contributed by atoms with Gasteiger partial charge in [-0.1, -0.05) is 109 Å². The Morgan fingerprint density at radius 3 is 0.933 bits per heavy atom. The second kappa shape index (κ2) is 10.1. The van der Waals surface area contributed by atoms with Crippen molar-refractivity contribution in [2.75, 3.05) is 0 Å². The Morgan fingerprint density at radius 1 is 0.400 bits per heavy atom. The zero-order valence-corrected chi connectivity index (χ0v) is 17.2. The number of hydrogen-bond acceptors (Lipinski definition) is 2. The van der Waals surface area contributed by atoms with Gasteiger partial charge in [0.15, 0.2) is 11.6 Å². The van der Waals surface area contributed by atoms with Gasteiger partial charge in [-0.15, -0.1) is 0 Å². The standard InChI is InChI=1S/2C14H12O/c2*1-11(15)12-7-9-14(10-8-12)13-5-3-2-4-6-13/h2*2-10H,1H3. The van der Waals surface area contributed by atoms with Gasteiger partial charge in [-0.3, -0.25) is 9.59 Å². The van der Waals surface area contributed by atoms with Crippen LogP contribution in [0.3, 0.4) is 0 Å². The van der Waals surface area contributed by atoms with Crippen LogP contribution in [0, 0.1) is 0 Å². The van der Waals surface area contributed by atoms with Crippen molar-refractivity contribution >= 4 is 11.6 Å². The number of hydrogen-bond donors (Lipinski definition) is 0. The largest absolute Gasteiger partial charge is 0.295 e. The third-order valence-corrected chi connectivity index (χ3v) is 4.80. The molecule has 0 radical (unpaired) electrons. The molecule has 0 aliphatic rings. The normalized spacial score (nSPS) is 9.93. The van der Waals surface area contributed by atoms with E-state index in [1.165, 1.54) is 11.1 Å². The summed E-state index contributed by atoms with van der Waals surface area (Å²) < 4.78 is 0. The number of Topliss-reactive ketones (excluding diaryl/α,β-unsaturated/α-hetero) is 2. The maximum atomic E-state index is 11.1. The Balaban J connectivity index is 0.000000171. The van der Waals surface area contributed by atoms with Gasteiger partial charge in [0.05, 0.1) is 0 Å². The lowest BCUT2D eigenvalue weighted by molar-refractivity contribution is 0.100. The summed E-state index contributed by atoms with van der Waals surface area (Å²) >= 11 is 0. The van der Waals surface area contributed by atoms with E-state index in [4.69, 9.17) is 0 Å². The van der Waals surface area contributed by atoms with E-state index in [9.17, 15) is 9.59 Å². The molecule has 0 aliphatic carbocycles. The highest BCUT2D eigenvalue weighted by atomic mass is 16.1. The summed E-state index contributed by atoms with van der Waals surface area (Å²) in [4.78, 5) is 22.2. The SMILES string of the molecule is CC(=O)c1ccc(-c2ccccc2)cc1.CC(=O)c1ccc(-c2ccccc2)cc1. The van der Waals surface area contributed by atoms with Crippen molar-refractivity contribution in [3.8, 4) is 22.3 Å². The van der Waals surface area contributed by atoms with Crippen molar-refractivity contribution in [2.24, 2.45) is 0 Å². The fourth-order valence-corrected chi connectivity index (χ4v) is 3.06. The van der Waals surface area contributed by atoms with Crippen LogP contribution in [-0.4, -0.2) is 11.6 Å². The summed E-state index contributed by atoms with van der Waals surface area (Å²) in [5, 5.41) is 0. The van der Waals surface area contributed by atoms with E-state index in [0.717, 1.165) is 22.3 Å². The summed E-state index contributed by atoms with van der Waals surface area (Å²) in [6.07, 6.45) is 0. The van der Waals surface area contributed by atoms with Crippen LogP contribution in [0.15, 0.2) is 109 Å². The predicted octanol–water partition coefficient (Wildman–Crippen LogP) is 7.11. The highest BCUT2D eigenvalue weighted by molar-refractivity contribution is 5.95. The molecular weight excluding hydrogens is 368 g/mol. The molecule has 0 atom stereocenters. The molecule has 0 saturated carbocycles. The smallest absolute Gasteiger partial charge is 0.159 e. The van der Waals surface area contributed by atoms with E-state index in [1.54, 1.807) is 13.8 Å². The maximum Gasteiger partial charge on any atom is 0.159 e. The number of carbonyl (C=O) groups is 2. The van der Waals surface area contributed by atoms with Crippen molar-refractivity contribution in [3.63, 3.8) is 0 Å². The van der Waals surface area contributed by atoms with Crippen LogP contribution < -0.4 is 0 Å². The third kappa shape index (κ3) is 5.62. The van der Waals surface area contributed by atoms with Gasteiger partial charge >= 0.3 is 0 Å². The monoisotopic (exact) mass is 392 g/mol. The molecule has 30 heavy (non-hydrogen) atoms. The van der Waals surface area contributed by atoms with Crippen LogP contribution in [0.2, 0.25) is 0 Å². The van der Waals surface area contributed by atoms with Gasteiger partial charge in [-0.25, -0.2) is 0 Å². The van der Waals surface area contributed by atoms with Crippen LogP contribution in [0.5, 0.6) is 0 Å². The van der Waals surface area contributed by atoms with Gasteiger partial charge in [0.1, 0.15) is 0 Å². The highest BCUT2D eigenvalue weighted by Gasteiger charge is 2.01. The molecule has 0 amide bonds. The quantitative estimate of drug-likeness (QED) is 0.347. The topological polar surface area (TPSA) is 34.1 Å². The molecule has 4 aromatic carbocycles. The van der Waals surface area contributed by atoms with Crippen LogP contribution >= 0.6 is 0 Å². The third-order valence-electron chi connectivity index (χ3n) is 4.80. The van der Waals surface area contributed by atoms with Crippen LogP contribution in [0.1, 0.15) is 34.6 Å². The fraction of sp³-hybridized carbons (Fsp3) is 0.0714. The first-order valence-corrected chi connectivity index (χ1v) is 9.87. The number of rotatable bonds is 4. The molecule has 0 heterocycles. The number of carbonyl (C=O) groups excluding carboxylic acids is 2. The van der Waals surface area contributed by atoms with E-state index < -0.39 is 0 Å². The van der Waals surface area contributed by atoms with E-state index in [0.29, 0.717) is 0 Å². The molecule has 0 N–H and O–H groups in total. The van der Waals surface area contributed by atoms with E-state index in [2.05, 4.69) is 24.3 Å². The van der Waals surface area contributed by atoms with E-state index in [-0.39, 0.29) is 11.6 Å². The lowest BCUT2D eigenvalue weighted by atomic mass is 10.0. The Labute approximate surface area is 177 Å². The Kier molecular flexibility index (Phi) is 7.07. The molecule has 0 unspecified atom stereocenters. The molecule has 0 aromatic heterocycles. The second-order valence-electron chi connectivity index (χ2n) is 7.00. The first kappa shape index (κ1) is 20.9. The maximum absolute atomic E-state index is 11.1. The molecule has 0 saturated heterocycles. The van der Waals surface area contributed by atoms with Gasteiger partial charge in [0.25, 0.3) is 0 Å². The predicted molar refractivity (Wildman–Crippen MR) is 124 cm³/mol. The Hall–Kier alpha value is -3.78. The summed E-state index contributed by atoms with van der Waals surface area (Å²) in [5.74, 6) is 0.212. The summed E-state index contributed by atoms with van der Waals surface area (Å²) in [7, 11) is 0. The molecule has 2 heteroatoms. The Bertz CT molecular complexity index is 1000. The van der Waals surface area contributed by atoms with Gasteiger partial charge < -0.3 is 0 Å². The highest BCUT2D eigenvalue weighted by Crippen LogP contribution is 2.20. The zero-order chi connectivity index (χ0) is 21.3. The molecule has 0 spiro atoms. The second-order valence-corrected chi connectivity index (χ2v) is 7.00. The Morgan fingerprint density at radius 2 is 0.667 bits per heavy atom. The van der Waals surface area contributed by atoms with Crippen LogP contribution in [-0.2, 0) is 0 Å². The average molecular weight is 392 g/mol. The minimum Gasteiger partial charge on any atom is -0.295 e. The van der Waals surface area contributed by atoms with Gasteiger partial charge in [0, 0.05) is 11.1 Å². The van der Waals surface area contributed by atoms with Crippen molar-refractivity contribution in [1.82, 2.24) is 0 Å². The molecule has 0 fully saturated rings. The molecule has 2 nitrogen and oxygen atoms in total. The van der Waals surface area contributed by atoms with E-state index >= 15 is 0 Å². The average Bonchev–Trinajstić information content (AvgIpc) is 2.81. The minimum atomic E-state index is 0.106. The minimum absolute atomic E-state index is 0.106. The van der Waals surface area contributed by atoms with Gasteiger partial charge in [-0.2, -0.15) is 0 Å². The van der Waals surface area contributed by atoms with Crippen molar-refractivity contribution in [3.05, 3.63) is 120 Å². The number of benzene rings is 4. The lowest BCUT2D eigenvalue weighted by Crippen LogP contribution is -1.90. The van der Waals surface area contributed by atoms with E-state index in [1.807, 2.05) is 84.9 Å². The zero-order valence-electron chi connectivity index (χ0n) is 17.2. The molecular formula is C28H24O2.